The molecule has 0 aliphatic carbocycles. The molecule has 1 aromatic heterocycles. The standard InChI is InChI=1S/C13H12ClNO2/c1-9-4-12(3-2-10(9)8-16)17-13-5-11(14)6-15-7-13/h2-7,16H,8H2,1H3. The van der Waals surface area contributed by atoms with Gasteiger partial charge in [-0.25, -0.2) is 0 Å². The van der Waals surface area contributed by atoms with Crippen LogP contribution in [0, 0.1) is 6.92 Å². The first kappa shape index (κ1) is 11.9. The predicted octanol–water partition coefficient (Wildman–Crippen LogP) is 3.33. The average Bonchev–Trinajstić information content (AvgIpc) is 2.29. The van der Waals surface area contributed by atoms with Crippen molar-refractivity contribution in [3.8, 4) is 11.5 Å². The molecule has 0 bridgehead atoms. The first-order valence-electron chi connectivity index (χ1n) is 5.18. The van der Waals surface area contributed by atoms with Crippen molar-refractivity contribution in [2.45, 2.75) is 13.5 Å². The van der Waals surface area contributed by atoms with Gasteiger partial charge in [-0.2, -0.15) is 0 Å². The summed E-state index contributed by atoms with van der Waals surface area (Å²) in [5.74, 6) is 1.29. The highest BCUT2D eigenvalue weighted by Crippen LogP contribution is 2.24. The number of pyridine rings is 1. The normalized spacial score (nSPS) is 10.3. The minimum Gasteiger partial charge on any atom is -0.456 e. The maximum atomic E-state index is 9.07. The first-order valence-corrected chi connectivity index (χ1v) is 5.55. The number of ether oxygens (including phenoxy) is 1. The second kappa shape index (κ2) is 5.17. The maximum absolute atomic E-state index is 9.07. The number of rotatable bonds is 3. The molecule has 17 heavy (non-hydrogen) atoms. The molecule has 0 radical (unpaired) electrons. The number of benzene rings is 1. The number of hydrogen-bond acceptors (Lipinski definition) is 3. The van der Waals surface area contributed by atoms with Gasteiger partial charge in [-0.05, 0) is 30.2 Å². The van der Waals surface area contributed by atoms with Gasteiger partial charge in [0.1, 0.15) is 11.5 Å². The van der Waals surface area contributed by atoms with E-state index in [1.165, 1.54) is 0 Å². The van der Waals surface area contributed by atoms with Crippen LogP contribution in [-0.2, 0) is 6.61 Å². The zero-order valence-corrected chi connectivity index (χ0v) is 10.1. The lowest BCUT2D eigenvalue weighted by Gasteiger charge is -2.08. The van der Waals surface area contributed by atoms with Crippen LogP contribution in [0.1, 0.15) is 11.1 Å². The van der Waals surface area contributed by atoms with Crippen molar-refractivity contribution in [1.29, 1.82) is 0 Å². The van der Waals surface area contributed by atoms with Crippen LogP contribution in [0.3, 0.4) is 0 Å². The van der Waals surface area contributed by atoms with Gasteiger partial charge in [-0.15, -0.1) is 0 Å². The van der Waals surface area contributed by atoms with Crippen LogP contribution in [0.4, 0.5) is 0 Å². The fourth-order valence-corrected chi connectivity index (χ4v) is 1.66. The molecule has 0 saturated carbocycles. The molecule has 1 N–H and O–H groups in total. The van der Waals surface area contributed by atoms with Gasteiger partial charge in [0.15, 0.2) is 0 Å². The number of aliphatic hydroxyl groups is 1. The second-order valence-electron chi connectivity index (χ2n) is 3.69. The molecule has 3 nitrogen and oxygen atoms in total. The molecule has 0 amide bonds. The number of nitrogens with zero attached hydrogens (tertiary/aromatic N) is 1. The van der Waals surface area contributed by atoms with Crippen LogP contribution in [-0.4, -0.2) is 10.1 Å². The molecule has 2 aromatic rings. The van der Waals surface area contributed by atoms with Gasteiger partial charge < -0.3 is 9.84 Å². The van der Waals surface area contributed by atoms with E-state index in [1.54, 1.807) is 24.5 Å². The van der Waals surface area contributed by atoms with Crippen LogP contribution >= 0.6 is 11.6 Å². The topological polar surface area (TPSA) is 42.4 Å². The van der Waals surface area contributed by atoms with Crippen molar-refractivity contribution in [1.82, 2.24) is 4.98 Å². The fraction of sp³-hybridized carbons (Fsp3) is 0.154. The molecule has 0 aliphatic heterocycles. The van der Waals surface area contributed by atoms with Gasteiger partial charge in [0, 0.05) is 12.3 Å². The first-order chi connectivity index (χ1) is 8.19. The fourth-order valence-electron chi connectivity index (χ4n) is 1.49. The molecule has 4 heteroatoms. The Morgan fingerprint density at radius 2 is 2.06 bits per heavy atom. The minimum atomic E-state index is 0.0326. The predicted molar refractivity (Wildman–Crippen MR) is 66.4 cm³/mol. The SMILES string of the molecule is Cc1cc(Oc2cncc(Cl)c2)ccc1CO. The minimum absolute atomic E-state index is 0.0326. The molecule has 1 aromatic carbocycles. The third-order valence-electron chi connectivity index (χ3n) is 2.40. The Balaban J connectivity index is 2.22. The summed E-state index contributed by atoms with van der Waals surface area (Å²) in [6.07, 6.45) is 3.15. The lowest BCUT2D eigenvalue weighted by atomic mass is 10.1. The molecule has 0 saturated heterocycles. The average molecular weight is 250 g/mol. The zero-order chi connectivity index (χ0) is 12.3. The number of hydrogen-bond donors (Lipinski definition) is 1. The van der Waals surface area contributed by atoms with E-state index in [2.05, 4.69) is 4.98 Å². The van der Waals surface area contributed by atoms with E-state index < -0.39 is 0 Å². The second-order valence-corrected chi connectivity index (χ2v) is 4.12. The molecule has 88 valence electrons. The Morgan fingerprint density at radius 1 is 1.24 bits per heavy atom. The van der Waals surface area contributed by atoms with E-state index in [1.807, 2.05) is 19.1 Å². The molecule has 0 atom stereocenters. The number of aliphatic hydroxyl groups excluding tert-OH is 1. The van der Waals surface area contributed by atoms with Gasteiger partial charge in [0.05, 0.1) is 17.8 Å². The summed E-state index contributed by atoms with van der Waals surface area (Å²) in [6.45, 7) is 1.96. The lowest BCUT2D eigenvalue weighted by molar-refractivity contribution is 0.281. The molecule has 0 fully saturated rings. The highest BCUT2D eigenvalue weighted by molar-refractivity contribution is 6.30. The van der Waals surface area contributed by atoms with Crippen LogP contribution in [0.5, 0.6) is 11.5 Å². The van der Waals surface area contributed by atoms with Crippen LogP contribution in [0.2, 0.25) is 5.02 Å². The summed E-state index contributed by atoms with van der Waals surface area (Å²) in [5.41, 5.74) is 1.88. The van der Waals surface area contributed by atoms with E-state index in [0.29, 0.717) is 16.5 Å². The quantitative estimate of drug-likeness (QED) is 0.907. The highest BCUT2D eigenvalue weighted by Gasteiger charge is 2.02. The van der Waals surface area contributed by atoms with Gasteiger partial charge in [-0.1, -0.05) is 17.7 Å². The molecule has 0 spiro atoms. The Morgan fingerprint density at radius 3 is 2.71 bits per heavy atom. The van der Waals surface area contributed by atoms with E-state index in [4.69, 9.17) is 21.4 Å². The Kier molecular flexibility index (Phi) is 3.61. The van der Waals surface area contributed by atoms with Crippen molar-refractivity contribution >= 4 is 11.6 Å². The summed E-state index contributed by atoms with van der Waals surface area (Å²) in [7, 11) is 0. The van der Waals surface area contributed by atoms with Gasteiger partial charge >= 0.3 is 0 Å². The number of aryl methyl sites for hydroxylation is 1. The molecule has 0 aliphatic rings. The summed E-state index contributed by atoms with van der Waals surface area (Å²) >= 11 is 5.81. The van der Waals surface area contributed by atoms with Crippen molar-refractivity contribution in [3.63, 3.8) is 0 Å². The summed E-state index contributed by atoms with van der Waals surface area (Å²) in [5, 5.41) is 9.60. The maximum Gasteiger partial charge on any atom is 0.147 e. The third kappa shape index (κ3) is 2.96. The molecular weight excluding hydrogens is 238 g/mol. The van der Waals surface area contributed by atoms with Crippen molar-refractivity contribution in [3.05, 3.63) is 52.8 Å². The Labute approximate surface area is 105 Å². The van der Waals surface area contributed by atoms with E-state index in [9.17, 15) is 0 Å². The van der Waals surface area contributed by atoms with E-state index in [0.717, 1.165) is 11.1 Å². The monoisotopic (exact) mass is 249 g/mol. The molecule has 1 heterocycles. The van der Waals surface area contributed by atoms with Gasteiger partial charge in [0.2, 0.25) is 0 Å². The summed E-state index contributed by atoms with van der Waals surface area (Å²) in [6, 6.07) is 7.21. The number of halogens is 1. The summed E-state index contributed by atoms with van der Waals surface area (Å²) in [4.78, 5) is 3.94. The van der Waals surface area contributed by atoms with Gasteiger partial charge in [-0.3, -0.25) is 4.98 Å². The Bertz CT molecular complexity index is 529. The lowest BCUT2D eigenvalue weighted by Crippen LogP contribution is -1.91. The molecule has 2 rings (SSSR count). The molecule has 0 unspecified atom stereocenters. The van der Waals surface area contributed by atoms with E-state index >= 15 is 0 Å². The Hall–Kier alpha value is -1.58. The van der Waals surface area contributed by atoms with Crippen LogP contribution in [0.25, 0.3) is 0 Å². The summed E-state index contributed by atoms with van der Waals surface area (Å²) < 4.78 is 5.61. The largest absolute Gasteiger partial charge is 0.456 e. The van der Waals surface area contributed by atoms with Crippen LogP contribution in [0.15, 0.2) is 36.7 Å². The molecular formula is C13H12ClNO2. The van der Waals surface area contributed by atoms with Gasteiger partial charge in [0.25, 0.3) is 0 Å². The third-order valence-corrected chi connectivity index (χ3v) is 2.61. The van der Waals surface area contributed by atoms with Crippen molar-refractivity contribution < 1.29 is 9.84 Å². The van der Waals surface area contributed by atoms with Crippen molar-refractivity contribution in [2.75, 3.05) is 0 Å². The van der Waals surface area contributed by atoms with Crippen LogP contribution < -0.4 is 4.74 Å². The zero-order valence-electron chi connectivity index (χ0n) is 9.35. The van der Waals surface area contributed by atoms with E-state index in [-0.39, 0.29) is 6.61 Å². The number of aromatic nitrogens is 1. The smallest absolute Gasteiger partial charge is 0.147 e. The highest BCUT2D eigenvalue weighted by atomic mass is 35.5. The van der Waals surface area contributed by atoms with Crippen molar-refractivity contribution in [2.24, 2.45) is 0 Å².